The van der Waals surface area contributed by atoms with E-state index in [1.807, 2.05) is 4.90 Å². The van der Waals surface area contributed by atoms with Crippen molar-refractivity contribution in [3.63, 3.8) is 0 Å². The highest BCUT2D eigenvalue weighted by atomic mass is 32.2. The van der Waals surface area contributed by atoms with Gasteiger partial charge in [-0.25, -0.2) is 0 Å². The molecule has 5 nitrogen and oxygen atoms in total. The molecule has 2 fully saturated rings. The summed E-state index contributed by atoms with van der Waals surface area (Å²) in [4.78, 5) is 17.2. The minimum atomic E-state index is 0.134. The molecular weight excluding hydrogens is 284 g/mol. The minimum Gasteiger partial charge on any atom is -0.335 e. The highest BCUT2D eigenvalue weighted by Crippen LogP contribution is 2.25. The van der Waals surface area contributed by atoms with E-state index in [1.54, 1.807) is 0 Å². The van der Waals surface area contributed by atoms with Crippen molar-refractivity contribution in [1.29, 1.82) is 0 Å². The van der Waals surface area contributed by atoms with Crippen LogP contribution in [0.15, 0.2) is 0 Å². The number of rotatable bonds is 2. The fourth-order valence-corrected chi connectivity index (χ4v) is 5.00. The van der Waals surface area contributed by atoms with Gasteiger partial charge >= 0.3 is 0 Å². The molecule has 114 valence electrons. The first-order valence-electron chi connectivity index (χ1n) is 8.00. The maximum Gasteiger partial charge on any atom is 0.274 e. The Hall–Kier alpha value is -1.01. The van der Waals surface area contributed by atoms with Gasteiger partial charge < -0.3 is 4.90 Å². The van der Waals surface area contributed by atoms with Crippen molar-refractivity contribution in [3.05, 3.63) is 17.0 Å². The number of fused-ring (bicyclic) bond motifs is 1. The number of carbonyl (C=O) groups is 1. The fourth-order valence-electron chi connectivity index (χ4n) is 3.75. The zero-order valence-electron chi connectivity index (χ0n) is 12.3. The maximum atomic E-state index is 12.7. The Bertz CT molecular complexity index is 530. The average Bonchev–Trinajstić information content (AvgIpc) is 3.24. The predicted molar refractivity (Wildman–Crippen MR) is 83.8 cm³/mol. The number of aryl methyl sites for hydroxylation is 1. The predicted octanol–water partition coefficient (Wildman–Crippen LogP) is 1.16. The summed E-state index contributed by atoms with van der Waals surface area (Å²) in [6.07, 6.45) is 4.51. The third-order valence-corrected chi connectivity index (χ3v) is 6.18. The van der Waals surface area contributed by atoms with Gasteiger partial charge in [-0.3, -0.25) is 14.8 Å². The van der Waals surface area contributed by atoms with Gasteiger partial charge in [-0.2, -0.15) is 16.9 Å². The molecule has 1 aromatic rings. The van der Waals surface area contributed by atoms with Crippen molar-refractivity contribution >= 4 is 17.7 Å². The largest absolute Gasteiger partial charge is 0.335 e. The smallest absolute Gasteiger partial charge is 0.274 e. The molecule has 1 aromatic heterocycles. The third-order valence-electron chi connectivity index (χ3n) is 5.03. The summed E-state index contributed by atoms with van der Waals surface area (Å²) < 4.78 is 0. The minimum absolute atomic E-state index is 0.134. The van der Waals surface area contributed by atoms with Crippen molar-refractivity contribution in [2.45, 2.75) is 31.7 Å². The van der Waals surface area contributed by atoms with Crippen molar-refractivity contribution in [2.75, 3.05) is 37.7 Å². The molecule has 2 aliphatic heterocycles. The van der Waals surface area contributed by atoms with Crippen LogP contribution >= 0.6 is 11.8 Å². The van der Waals surface area contributed by atoms with E-state index < -0.39 is 0 Å². The molecule has 3 heterocycles. The van der Waals surface area contributed by atoms with Gasteiger partial charge in [0.1, 0.15) is 0 Å². The first kappa shape index (κ1) is 13.6. The van der Waals surface area contributed by atoms with Crippen LogP contribution in [0.4, 0.5) is 0 Å². The van der Waals surface area contributed by atoms with E-state index in [0.29, 0.717) is 5.69 Å². The molecule has 1 atom stereocenters. The van der Waals surface area contributed by atoms with Gasteiger partial charge in [-0.15, -0.1) is 0 Å². The number of amides is 1. The summed E-state index contributed by atoms with van der Waals surface area (Å²) in [7, 11) is 0. The lowest BCUT2D eigenvalue weighted by atomic mass is 10.1. The third kappa shape index (κ3) is 2.48. The second-order valence-electron chi connectivity index (χ2n) is 6.23. The normalized spacial score (nSPS) is 26.3. The number of H-pyrrole nitrogens is 1. The molecule has 0 bridgehead atoms. The van der Waals surface area contributed by atoms with Crippen LogP contribution in [-0.4, -0.2) is 69.6 Å². The quantitative estimate of drug-likeness (QED) is 0.891. The number of nitrogens with zero attached hydrogens (tertiary/aromatic N) is 3. The second-order valence-corrected chi connectivity index (χ2v) is 7.38. The van der Waals surface area contributed by atoms with Gasteiger partial charge in [-0.05, 0) is 31.4 Å². The molecule has 3 aliphatic rings. The molecule has 0 saturated carbocycles. The highest BCUT2D eigenvalue weighted by molar-refractivity contribution is 7.99. The average molecular weight is 306 g/mol. The Morgan fingerprint density at radius 2 is 2.10 bits per heavy atom. The fraction of sp³-hybridized carbons (Fsp3) is 0.733. The lowest BCUT2D eigenvalue weighted by molar-refractivity contribution is 0.0582. The molecule has 0 aromatic carbocycles. The SMILES string of the molecule is O=C(c1n[nH]c2c1CCC2)N1CCN([C@@H]2CCSC2)CC1. The van der Waals surface area contributed by atoms with Gasteiger partial charge in [0, 0.05) is 49.2 Å². The lowest BCUT2D eigenvalue weighted by Gasteiger charge is -2.37. The Kier molecular flexibility index (Phi) is 3.67. The molecular formula is C15H22N4OS. The van der Waals surface area contributed by atoms with Crippen molar-refractivity contribution in [1.82, 2.24) is 20.0 Å². The van der Waals surface area contributed by atoms with Crippen LogP contribution in [0.2, 0.25) is 0 Å². The van der Waals surface area contributed by atoms with Gasteiger partial charge in [0.15, 0.2) is 5.69 Å². The first-order chi connectivity index (χ1) is 10.3. The van der Waals surface area contributed by atoms with E-state index in [1.165, 1.54) is 29.2 Å². The summed E-state index contributed by atoms with van der Waals surface area (Å²) >= 11 is 2.06. The summed E-state index contributed by atoms with van der Waals surface area (Å²) in [5, 5.41) is 7.33. The van der Waals surface area contributed by atoms with Crippen LogP contribution in [0.3, 0.4) is 0 Å². The van der Waals surface area contributed by atoms with Crippen LogP contribution in [0.25, 0.3) is 0 Å². The molecule has 2 saturated heterocycles. The number of aromatic amines is 1. The Morgan fingerprint density at radius 3 is 2.86 bits per heavy atom. The number of aromatic nitrogens is 2. The summed E-state index contributed by atoms with van der Waals surface area (Å²) in [5.74, 6) is 2.69. The molecule has 6 heteroatoms. The first-order valence-corrected chi connectivity index (χ1v) is 9.15. The van der Waals surface area contributed by atoms with E-state index in [4.69, 9.17) is 0 Å². The Morgan fingerprint density at radius 1 is 1.24 bits per heavy atom. The highest BCUT2D eigenvalue weighted by Gasteiger charge is 2.31. The zero-order valence-corrected chi connectivity index (χ0v) is 13.1. The van der Waals surface area contributed by atoms with Gasteiger partial charge in [0.25, 0.3) is 5.91 Å². The number of nitrogens with one attached hydrogen (secondary N) is 1. The monoisotopic (exact) mass is 306 g/mol. The zero-order chi connectivity index (χ0) is 14.2. The van der Waals surface area contributed by atoms with Crippen LogP contribution in [0.1, 0.15) is 34.6 Å². The van der Waals surface area contributed by atoms with E-state index >= 15 is 0 Å². The van der Waals surface area contributed by atoms with E-state index in [-0.39, 0.29) is 5.91 Å². The number of hydrogen-bond acceptors (Lipinski definition) is 4. The molecule has 0 spiro atoms. The second kappa shape index (κ2) is 5.65. The molecule has 0 radical (unpaired) electrons. The molecule has 1 amide bonds. The van der Waals surface area contributed by atoms with Crippen LogP contribution in [0, 0.1) is 0 Å². The maximum absolute atomic E-state index is 12.7. The topological polar surface area (TPSA) is 52.2 Å². The number of thioether (sulfide) groups is 1. The van der Waals surface area contributed by atoms with Crippen molar-refractivity contribution < 1.29 is 4.79 Å². The van der Waals surface area contributed by atoms with Gasteiger partial charge in [0.2, 0.25) is 0 Å². The summed E-state index contributed by atoms with van der Waals surface area (Å²) in [6.45, 7) is 3.73. The van der Waals surface area contributed by atoms with Crippen LogP contribution in [-0.2, 0) is 12.8 Å². The molecule has 1 aliphatic carbocycles. The van der Waals surface area contributed by atoms with E-state index in [2.05, 4.69) is 26.9 Å². The summed E-state index contributed by atoms with van der Waals surface area (Å²) in [6, 6.07) is 0.738. The molecule has 0 unspecified atom stereocenters. The van der Waals surface area contributed by atoms with Gasteiger partial charge in [0.05, 0.1) is 0 Å². The molecule has 4 rings (SSSR count). The Labute approximate surface area is 129 Å². The summed E-state index contributed by atoms with van der Waals surface area (Å²) in [5.41, 5.74) is 3.04. The van der Waals surface area contributed by atoms with Crippen LogP contribution in [0.5, 0.6) is 0 Å². The number of carbonyl (C=O) groups excluding carboxylic acids is 1. The Balaban J connectivity index is 1.40. The number of piperazine rings is 1. The molecule has 1 N–H and O–H groups in total. The molecule has 21 heavy (non-hydrogen) atoms. The van der Waals surface area contributed by atoms with E-state index in [0.717, 1.165) is 51.5 Å². The standard InChI is InChI=1S/C15H22N4OS/c20-15(14-12-2-1-3-13(12)16-17-14)19-7-5-18(6-8-19)11-4-9-21-10-11/h11H,1-10H2,(H,16,17)/t11-/m1/s1. The van der Waals surface area contributed by atoms with Crippen molar-refractivity contribution in [2.24, 2.45) is 0 Å². The van der Waals surface area contributed by atoms with Gasteiger partial charge in [-0.1, -0.05) is 0 Å². The van der Waals surface area contributed by atoms with Crippen molar-refractivity contribution in [3.8, 4) is 0 Å². The number of hydrogen-bond donors (Lipinski definition) is 1. The lowest BCUT2D eigenvalue weighted by Crippen LogP contribution is -2.52. The van der Waals surface area contributed by atoms with E-state index in [9.17, 15) is 4.79 Å². The van der Waals surface area contributed by atoms with Crippen LogP contribution < -0.4 is 0 Å².